The van der Waals surface area contributed by atoms with Crippen LogP contribution in [-0.4, -0.2) is 30.1 Å². The molecule has 0 saturated heterocycles. The molecule has 248 valence electrons. The number of allylic oxidation sites excluding steroid dienone is 1. The van der Waals surface area contributed by atoms with Gasteiger partial charge >= 0.3 is 18.1 Å². The Morgan fingerprint density at radius 1 is 0.894 bits per heavy atom. The highest BCUT2D eigenvalue weighted by molar-refractivity contribution is 7.10. The summed E-state index contributed by atoms with van der Waals surface area (Å²) in [7, 11) is 0. The predicted molar refractivity (Wildman–Crippen MR) is 177 cm³/mol. The summed E-state index contributed by atoms with van der Waals surface area (Å²) in [5.74, 6) is 0.325. The zero-order valence-electron chi connectivity index (χ0n) is 26.4. The Balaban J connectivity index is 1.42. The number of ether oxygens (including phenoxy) is 3. The van der Waals surface area contributed by atoms with Crippen LogP contribution >= 0.6 is 11.3 Å². The van der Waals surface area contributed by atoms with E-state index in [-0.39, 0.29) is 30.2 Å². The van der Waals surface area contributed by atoms with Crippen molar-refractivity contribution in [3.63, 3.8) is 0 Å². The molecule has 1 aromatic heterocycles. The summed E-state index contributed by atoms with van der Waals surface area (Å²) in [5, 5.41) is 0.540. The van der Waals surface area contributed by atoms with Gasteiger partial charge in [-0.15, -0.1) is 11.3 Å². The number of thiazole rings is 1. The summed E-state index contributed by atoms with van der Waals surface area (Å²) in [6.45, 7) is 4.54. The van der Waals surface area contributed by atoms with Gasteiger partial charge in [0.25, 0.3) is 0 Å². The molecule has 1 atom stereocenters. The number of esters is 2. The number of hydrogen-bond acceptors (Lipinski definition) is 7. The smallest absolute Gasteiger partial charge is 0.443 e. The fourth-order valence-electron chi connectivity index (χ4n) is 4.93. The van der Waals surface area contributed by atoms with Gasteiger partial charge in [-0.2, -0.15) is 13.2 Å². The molecule has 0 spiro atoms. The lowest BCUT2D eigenvalue weighted by atomic mass is 9.92. The molecule has 10 heteroatoms. The lowest BCUT2D eigenvalue weighted by Gasteiger charge is -2.14. The topological polar surface area (TPSA) is 74.7 Å². The van der Waals surface area contributed by atoms with Crippen molar-refractivity contribution in [1.29, 1.82) is 0 Å². The second kappa shape index (κ2) is 17.5. The number of unbranched alkanes of at least 4 members (excludes halogenated alkanes) is 1. The van der Waals surface area contributed by atoms with Crippen LogP contribution in [0.4, 0.5) is 13.2 Å². The van der Waals surface area contributed by atoms with E-state index >= 15 is 0 Å². The number of aromatic nitrogens is 1. The van der Waals surface area contributed by atoms with Crippen LogP contribution in [0.25, 0.3) is 17.3 Å². The molecule has 4 aromatic rings. The molecular weight excluding hydrogens is 627 g/mol. The largest absolute Gasteiger partial charge is 0.488 e. The summed E-state index contributed by atoms with van der Waals surface area (Å²) >= 11 is 0.580. The Morgan fingerprint density at radius 2 is 1.60 bits per heavy atom. The van der Waals surface area contributed by atoms with E-state index in [2.05, 4.69) is 11.1 Å². The Bertz CT molecular complexity index is 1610. The third-order valence-corrected chi connectivity index (χ3v) is 8.22. The summed E-state index contributed by atoms with van der Waals surface area (Å²) in [4.78, 5) is 27.6. The molecule has 0 N–H and O–H groups in total. The van der Waals surface area contributed by atoms with Crippen molar-refractivity contribution < 1.29 is 37.0 Å². The first kappa shape index (κ1) is 35.4. The van der Waals surface area contributed by atoms with Crippen molar-refractivity contribution in [2.75, 3.05) is 13.2 Å². The normalized spacial score (nSPS) is 12.2. The number of rotatable bonds is 16. The number of nitrogens with zero attached hydrogens (tertiary/aromatic N) is 1. The van der Waals surface area contributed by atoms with Crippen LogP contribution < -0.4 is 4.74 Å². The van der Waals surface area contributed by atoms with E-state index in [0.29, 0.717) is 47.8 Å². The molecule has 6 nitrogen and oxygen atoms in total. The Kier molecular flexibility index (Phi) is 13.2. The summed E-state index contributed by atoms with van der Waals surface area (Å²) in [6.07, 6.45) is 3.31. The first-order valence-electron chi connectivity index (χ1n) is 15.6. The summed E-state index contributed by atoms with van der Waals surface area (Å²) in [6, 6.07) is 22.3. The van der Waals surface area contributed by atoms with Crippen LogP contribution in [0.5, 0.6) is 5.75 Å². The second-order valence-electron chi connectivity index (χ2n) is 10.9. The van der Waals surface area contributed by atoms with E-state index in [1.807, 2.05) is 54.6 Å². The van der Waals surface area contributed by atoms with Gasteiger partial charge in [-0.1, -0.05) is 73.2 Å². The molecule has 0 fully saturated rings. The molecule has 0 bridgehead atoms. The van der Waals surface area contributed by atoms with Gasteiger partial charge in [-0.25, -0.2) is 9.78 Å². The van der Waals surface area contributed by atoms with Crippen molar-refractivity contribution in [1.82, 2.24) is 4.98 Å². The van der Waals surface area contributed by atoms with Gasteiger partial charge < -0.3 is 14.2 Å². The van der Waals surface area contributed by atoms with E-state index in [1.165, 1.54) is 5.38 Å². The van der Waals surface area contributed by atoms with Crippen LogP contribution in [-0.2, 0) is 33.5 Å². The molecule has 1 heterocycles. The molecule has 0 amide bonds. The number of benzene rings is 3. The van der Waals surface area contributed by atoms with E-state index in [9.17, 15) is 22.8 Å². The Hall–Kier alpha value is -4.44. The van der Waals surface area contributed by atoms with E-state index in [1.54, 1.807) is 38.1 Å². The molecule has 0 saturated carbocycles. The molecule has 0 aliphatic carbocycles. The van der Waals surface area contributed by atoms with Crippen LogP contribution in [0.1, 0.15) is 71.6 Å². The highest BCUT2D eigenvalue weighted by Crippen LogP contribution is 2.34. The Morgan fingerprint density at radius 3 is 2.28 bits per heavy atom. The average molecular weight is 666 g/mol. The van der Waals surface area contributed by atoms with Crippen LogP contribution in [0.15, 0.2) is 84.3 Å². The summed E-state index contributed by atoms with van der Waals surface area (Å²) < 4.78 is 55.2. The minimum Gasteiger partial charge on any atom is -0.488 e. The zero-order chi connectivity index (χ0) is 33.6. The third kappa shape index (κ3) is 11.1. The van der Waals surface area contributed by atoms with Crippen molar-refractivity contribution in [2.45, 2.75) is 58.7 Å². The highest BCUT2D eigenvalue weighted by Gasteiger charge is 2.34. The molecule has 0 aliphatic heterocycles. The van der Waals surface area contributed by atoms with Gasteiger partial charge in [-0.3, -0.25) is 4.79 Å². The van der Waals surface area contributed by atoms with Crippen LogP contribution in [0.3, 0.4) is 0 Å². The maximum Gasteiger partial charge on any atom is 0.443 e. The quantitative estimate of drug-likeness (QED) is 0.0877. The van der Waals surface area contributed by atoms with Gasteiger partial charge in [0, 0.05) is 22.9 Å². The molecule has 4 rings (SSSR count). The second-order valence-corrected chi connectivity index (χ2v) is 11.7. The van der Waals surface area contributed by atoms with Gasteiger partial charge in [0.2, 0.25) is 0 Å². The monoisotopic (exact) mass is 665 g/mol. The molecule has 3 aromatic carbocycles. The average Bonchev–Trinajstić information content (AvgIpc) is 3.57. The van der Waals surface area contributed by atoms with Crippen molar-refractivity contribution in [3.8, 4) is 17.0 Å². The first-order chi connectivity index (χ1) is 22.7. The number of carbonyl (C=O) groups excluding carboxylic acids is 2. The molecule has 0 radical (unpaired) electrons. The number of para-hydroxylation sites is 1. The van der Waals surface area contributed by atoms with E-state index < -0.39 is 11.2 Å². The number of alkyl halides is 3. The highest BCUT2D eigenvalue weighted by atomic mass is 32.1. The van der Waals surface area contributed by atoms with Gasteiger partial charge in [0.1, 0.15) is 12.4 Å². The summed E-state index contributed by atoms with van der Waals surface area (Å²) in [5.41, 5.74) is 4.25. The van der Waals surface area contributed by atoms with Crippen molar-refractivity contribution in [3.05, 3.63) is 112 Å². The number of carbonyl (C=O) groups is 2. The molecule has 0 aliphatic rings. The van der Waals surface area contributed by atoms with Crippen LogP contribution in [0, 0.1) is 5.92 Å². The minimum absolute atomic E-state index is 0.162. The number of halogens is 3. The van der Waals surface area contributed by atoms with E-state index in [4.69, 9.17) is 14.2 Å². The fourth-order valence-corrected chi connectivity index (χ4v) is 5.62. The molecular formula is C37H38F3NO5S. The van der Waals surface area contributed by atoms with E-state index in [0.717, 1.165) is 42.4 Å². The third-order valence-electron chi connectivity index (χ3n) is 7.33. The molecule has 47 heavy (non-hydrogen) atoms. The van der Waals surface area contributed by atoms with Gasteiger partial charge in [0.15, 0.2) is 5.01 Å². The SMILES string of the molecule is CCOC(=O)CCCCC(C=Cc1ccccc1OCc1ccc(-c2csc(C(F)(F)F)n2)cc1)Cc1ccc(C(=O)OCC)cc1. The van der Waals surface area contributed by atoms with Crippen molar-refractivity contribution >= 4 is 29.4 Å². The first-order valence-corrected chi connectivity index (χ1v) is 16.5. The lowest BCUT2D eigenvalue weighted by Crippen LogP contribution is -2.06. The van der Waals surface area contributed by atoms with Gasteiger partial charge in [-0.05, 0) is 68.4 Å². The maximum atomic E-state index is 12.9. The standard InChI is InChI=1S/C37H38F3NO5S/c1-3-44-34(42)12-8-5-9-26(23-27-14-21-31(22-15-27)35(43)45-4-2)13-20-30-10-6-7-11-33(30)46-24-28-16-18-29(19-17-28)32-25-47-36(41-32)37(38,39)40/h6-7,10-11,13-22,25-26H,3-5,8-9,12,23-24H2,1-2H3. The minimum atomic E-state index is -4.46. The van der Waals surface area contributed by atoms with Gasteiger partial charge in [0.05, 0.1) is 24.5 Å². The Labute approximate surface area is 277 Å². The predicted octanol–water partition coefficient (Wildman–Crippen LogP) is 9.58. The zero-order valence-corrected chi connectivity index (χ0v) is 27.2. The lowest BCUT2D eigenvalue weighted by molar-refractivity contribution is -0.143. The van der Waals surface area contributed by atoms with Crippen LogP contribution in [0.2, 0.25) is 0 Å². The molecule has 1 unspecified atom stereocenters. The fraction of sp³-hybridized carbons (Fsp3) is 0.324. The maximum absolute atomic E-state index is 12.9. The number of hydrogen-bond donors (Lipinski definition) is 0. The van der Waals surface area contributed by atoms with Crippen molar-refractivity contribution in [2.24, 2.45) is 5.92 Å².